The molecule has 0 saturated heterocycles. The number of hydrogen-bond donors (Lipinski definition) is 1. The minimum atomic E-state index is -0.268. The molecule has 8 heteroatoms. The molecule has 2 aromatic heterocycles. The van der Waals surface area contributed by atoms with Gasteiger partial charge in [0, 0.05) is 4.88 Å². The van der Waals surface area contributed by atoms with Gasteiger partial charge in [-0.25, -0.2) is 4.98 Å². The Bertz CT molecular complexity index is 1200. The maximum atomic E-state index is 13.7. The number of benzene rings is 1. The maximum absolute atomic E-state index is 13.7. The first-order chi connectivity index (χ1) is 16.0. The number of aryl methyl sites for hydroxylation is 2. The summed E-state index contributed by atoms with van der Waals surface area (Å²) >= 11 is 1.65. The van der Waals surface area contributed by atoms with E-state index < -0.39 is 0 Å². The number of fused-ring (bicyclic) bond motifs is 3. The van der Waals surface area contributed by atoms with Gasteiger partial charge in [0.05, 0.1) is 24.2 Å². The fourth-order valence-electron chi connectivity index (χ4n) is 4.40. The third kappa shape index (κ3) is 4.96. The third-order valence-electron chi connectivity index (χ3n) is 6.18. The summed E-state index contributed by atoms with van der Waals surface area (Å²) < 4.78 is 7.20. The number of hydrogen-bond acceptors (Lipinski definition) is 6. The number of amides is 1. The van der Waals surface area contributed by atoms with Crippen molar-refractivity contribution in [2.24, 2.45) is 0 Å². The van der Waals surface area contributed by atoms with E-state index >= 15 is 0 Å². The molecule has 0 aliphatic heterocycles. The van der Waals surface area contributed by atoms with E-state index in [0.717, 1.165) is 49.2 Å². The van der Waals surface area contributed by atoms with Gasteiger partial charge in [-0.1, -0.05) is 26.0 Å². The second-order valence-electron chi connectivity index (χ2n) is 8.25. The van der Waals surface area contributed by atoms with Gasteiger partial charge in [-0.3, -0.25) is 19.1 Å². The van der Waals surface area contributed by atoms with Gasteiger partial charge in [-0.2, -0.15) is 0 Å². The minimum Gasteiger partial charge on any atom is -0.492 e. The topological polar surface area (TPSA) is 76.5 Å². The third-order valence-corrected chi connectivity index (χ3v) is 7.36. The highest BCUT2D eigenvalue weighted by Crippen LogP contribution is 2.34. The van der Waals surface area contributed by atoms with Gasteiger partial charge in [0.2, 0.25) is 5.91 Å². The molecule has 3 aromatic rings. The van der Waals surface area contributed by atoms with Crippen LogP contribution in [0.15, 0.2) is 29.1 Å². The first-order valence-corrected chi connectivity index (χ1v) is 12.6. The average molecular weight is 469 g/mol. The Hall–Kier alpha value is -2.71. The van der Waals surface area contributed by atoms with E-state index in [9.17, 15) is 9.59 Å². The molecule has 0 unspecified atom stereocenters. The van der Waals surface area contributed by atoms with Gasteiger partial charge < -0.3 is 10.1 Å². The largest absolute Gasteiger partial charge is 0.492 e. The molecule has 176 valence electrons. The fraction of sp³-hybridized carbons (Fsp3) is 0.480. The molecule has 1 aliphatic rings. The predicted molar refractivity (Wildman–Crippen MR) is 133 cm³/mol. The summed E-state index contributed by atoms with van der Waals surface area (Å²) in [5.74, 6) is 0.989. The molecular formula is C25H32N4O3S. The van der Waals surface area contributed by atoms with E-state index in [0.29, 0.717) is 35.8 Å². The standard InChI is InChI=1S/C25H32N4O3S/c1-4-28(5-2)15-21-27-24-23(17-11-7-10-14-20(17)33-24)25(31)29(21)16-22(30)26-18-12-8-9-13-19(18)32-6-3/h8-9,12-13H,4-7,10-11,14-16H2,1-3H3,(H,26,30). The highest BCUT2D eigenvalue weighted by molar-refractivity contribution is 7.18. The Morgan fingerprint density at radius 3 is 2.70 bits per heavy atom. The molecule has 0 spiro atoms. The van der Waals surface area contributed by atoms with Crippen molar-refractivity contribution in [3.05, 3.63) is 50.9 Å². The van der Waals surface area contributed by atoms with E-state index in [-0.39, 0.29) is 18.0 Å². The van der Waals surface area contributed by atoms with Crippen molar-refractivity contribution in [3.8, 4) is 5.75 Å². The Balaban J connectivity index is 1.72. The van der Waals surface area contributed by atoms with Crippen LogP contribution in [0.3, 0.4) is 0 Å². The lowest BCUT2D eigenvalue weighted by molar-refractivity contribution is -0.116. The van der Waals surface area contributed by atoms with Crippen molar-refractivity contribution in [3.63, 3.8) is 0 Å². The number of rotatable bonds is 9. The molecule has 0 atom stereocenters. The van der Waals surface area contributed by atoms with Crippen molar-refractivity contribution in [1.82, 2.24) is 14.5 Å². The molecule has 1 N–H and O–H groups in total. The Kier molecular flexibility index (Phi) is 7.45. The molecule has 1 amide bonds. The summed E-state index contributed by atoms with van der Waals surface area (Å²) in [6, 6.07) is 7.34. The Morgan fingerprint density at radius 2 is 1.94 bits per heavy atom. The van der Waals surface area contributed by atoms with Crippen LogP contribution in [-0.2, 0) is 30.7 Å². The van der Waals surface area contributed by atoms with E-state index in [1.807, 2.05) is 25.1 Å². The van der Waals surface area contributed by atoms with Crippen LogP contribution in [0.1, 0.15) is 49.9 Å². The van der Waals surface area contributed by atoms with Crippen LogP contribution in [0.25, 0.3) is 10.2 Å². The number of thiophene rings is 1. The summed E-state index contributed by atoms with van der Waals surface area (Å²) in [5.41, 5.74) is 1.64. The zero-order chi connectivity index (χ0) is 23.4. The zero-order valence-electron chi connectivity index (χ0n) is 19.6. The SMILES string of the molecule is CCOc1ccccc1NC(=O)Cn1c(CN(CC)CC)nc2sc3c(c2c1=O)CCCC3. The quantitative estimate of drug-likeness (QED) is 0.509. The first-order valence-electron chi connectivity index (χ1n) is 11.8. The molecule has 0 radical (unpaired) electrons. The number of nitrogens with zero attached hydrogens (tertiary/aromatic N) is 3. The van der Waals surface area contributed by atoms with Crippen LogP contribution in [0.2, 0.25) is 0 Å². The highest BCUT2D eigenvalue weighted by Gasteiger charge is 2.23. The lowest BCUT2D eigenvalue weighted by atomic mass is 9.97. The lowest BCUT2D eigenvalue weighted by Crippen LogP contribution is -2.34. The average Bonchev–Trinajstić information content (AvgIpc) is 3.19. The summed E-state index contributed by atoms with van der Waals surface area (Å²) in [6.45, 7) is 8.73. The molecule has 2 heterocycles. The monoisotopic (exact) mass is 468 g/mol. The molecule has 7 nitrogen and oxygen atoms in total. The number of para-hydroxylation sites is 2. The molecule has 0 bridgehead atoms. The van der Waals surface area contributed by atoms with Crippen molar-refractivity contribution in [1.29, 1.82) is 0 Å². The second kappa shape index (κ2) is 10.5. The van der Waals surface area contributed by atoms with Crippen LogP contribution in [0.4, 0.5) is 5.69 Å². The van der Waals surface area contributed by atoms with Crippen LogP contribution >= 0.6 is 11.3 Å². The number of aromatic nitrogens is 2. The lowest BCUT2D eigenvalue weighted by Gasteiger charge is -2.20. The zero-order valence-corrected chi connectivity index (χ0v) is 20.5. The normalized spacial score (nSPS) is 13.3. The Morgan fingerprint density at radius 1 is 1.18 bits per heavy atom. The molecular weight excluding hydrogens is 436 g/mol. The van der Waals surface area contributed by atoms with E-state index in [1.165, 1.54) is 4.88 Å². The van der Waals surface area contributed by atoms with Crippen molar-refractivity contribution in [2.75, 3.05) is 25.0 Å². The number of ether oxygens (including phenoxy) is 1. The molecule has 1 aromatic carbocycles. The van der Waals surface area contributed by atoms with Crippen molar-refractivity contribution >= 4 is 33.1 Å². The second-order valence-corrected chi connectivity index (χ2v) is 9.33. The summed E-state index contributed by atoms with van der Waals surface area (Å²) in [6.07, 6.45) is 4.17. The van der Waals surface area contributed by atoms with Crippen molar-refractivity contribution < 1.29 is 9.53 Å². The molecule has 0 fully saturated rings. The van der Waals surface area contributed by atoms with Crippen molar-refractivity contribution in [2.45, 2.75) is 59.5 Å². The molecule has 33 heavy (non-hydrogen) atoms. The van der Waals surface area contributed by atoms with Crippen LogP contribution in [0, 0.1) is 0 Å². The van der Waals surface area contributed by atoms with Gasteiger partial charge in [0.15, 0.2) is 0 Å². The molecule has 0 saturated carbocycles. The summed E-state index contributed by atoms with van der Waals surface area (Å²) in [7, 11) is 0. The Labute approximate surface area is 198 Å². The van der Waals surface area contributed by atoms with Gasteiger partial charge in [0.1, 0.15) is 22.9 Å². The number of carbonyl (C=O) groups excluding carboxylic acids is 1. The van der Waals surface area contributed by atoms with Crippen LogP contribution in [-0.4, -0.2) is 40.1 Å². The fourth-order valence-corrected chi connectivity index (χ4v) is 5.67. The van der Waals surface area contributed by atoms with E-state index in [1.54, 1.807) is 22.0 Å². The summed E-state index contributed by atoms with van der Waals surface area (Å²) in [4.78, 5) is 36.0. The molecule has 1 aliphatic carbocycles. The van der Waals surface area contributed by atoms with Crippen LogP contribution in [0.5, 0.6) is 5.75 Å². The minimum absolute atomic E-state index is 0.0799. The van der Waals surface area contributed by atoms with Gasteiger partial charge in [-0.05, 0) is 63.4 Å². The van der Waals surface area contributed by atoms with E-state index in [2.05, 4.69) is 24.1 Å². The van der Waals surface area contributed by atoms with E-state index in [4.69, 9.17) is 9.72 Å². The van der Waals surface area contributed by atoms with Gasteiger partial charge in [0.25, 0.3) is 5.56 Å². The number of carbonyl (C=O) groups is 1. The number of nitrogens with one attached hydrogen (secondary N) is 1. The smallest absolute Gasteiger partial charge is 0.263 e. The van der Waals surface area contributed by atoms with Gasteiger partial charge >= 0.3 is 0 Å². The predicted octanol–water partition coefficient (Wildman–Crippen LogP) is 4.22. The first kappa shape index (κ1) is 23.4. The summed E-state index contributed by atoms with van der Waals surface area (Å²) in [5, 5.41) is 3.63. The van der Waals surface area contributed by atoms with Crippen LogP contribution < -0.4 is 15.6 Å². The maximum Gasteiger partial charge on any atom is 0.263 e. The number of anilines is 1. The highest BCUT2D eigenvalue weighted by atomic mass is 32.1. The molecule has 4 rings (SSSR count). The van der Waals surface area contributed by atoms with Gasteiger partial charge in [-0.15, -0.1) is 11.3 Å².